The number of amides is 1. The van der Waals surface area contributed by atoms with Crippen molar-refractivity contribution in [2.24, 2.45) is 5.92 Å². The zero-order valence-corrected chi connectivity index (χ0v) is 21.4. The molecule has 7 nitrogen and oxygen atoms in total. The normalized spacial score (nSPS) is 20.3. The number of nitrogens with zero attached hydrogens (tertiary/aromatic N) is 2. The van der Waals surface area contributed by atoms with E-state index in [0.29, 0.717) is 12.5 Å². The summed E-state index contributed by atoms with van der Waals surface area (Å²) in [4.78, 5) is 20.9. The number of benzene rings is 2. The number of carbonyl (C=O) groups excluding carboxylic acids is 1. The lowest BCUT2D eigenvalue weighted by Crippen LogP contribution is -2.38. The quantitative estimate of drug-likeness (QED) is 0.366. The number of aromatic nitrogens is 1. The van der Waals surface area contributed by atoms with E-state index in [1.165, 1.54) is 17.0 Å². The standard InChI is InChI=1S/C29H28N4O3S/c1-17-16-30-26-25-21-6-7-22(32-23(21)8-9-24(25)37-27(26)28(34)31-17)18-2-4-20(5-3-18)33-12-10-19(11-13-33)29-35-14-15-36-29/h2-9,14-15,17,19,29-30H,10-13,16H2,1H3,(H,31,34)/t17-/m1/s1. The van der Waals surface area contributed by atoms with Crippen LogP contribution in [0.15, 0.2) is 61.1 Å². The molecular weight excluding hydrogens is 484 g/mol. The summed E-state index contributed by atoms with van der Waals surface area (Å²) in [6, 6.07) is 17.2. The van der Waals surface area contributed by atoms with Gasteiger partial charge in [0.2, 0.25) is 6.29 Å². The van der Waals surface area contributed by atoms with Gasteiger partial charge < -0.3 is 25.0 Å². The van der Waals surface area contributed by atoms with Crippen molar-refractivity contribution in [3.8, 4) is 11.3 Å². The average molecular weight is 513 g/mol. The molecule has 0 aliphatic carbocycles. The first kappa shape index (κ1) is 22.4. The molecular formula is C29H28N4O3S. The van der Waals surface area contributed by atoms with Crippen molar-refractivity contribution in [3.05, 3.63) is 65.9 Å². The second-order valence-corrected chi connectivity index (χ2v) is 11.1. The number of rotatable bonds is 3. The maximum absolute atomic E-state index is 12.7. The summed E-state index contributed by atoms with van der Waals surface area (Å²) in [5.41, 5.74) is 5.13. The second-order valence-electron chi connectivity index (χ2n) is 10.0. The van der Waals surface area contributed by atoms with E-state index in [-0.39, 0.29) is 18.2 Å². The van der Waals surface area contributed by atoms with Crippen molar-refractivity contribution in [2.75, 3.05) is 29.9 Å². The Morgan fingerprint density at radius 1 is 1.00 bits per heavy atom. The molecule has 2 N–H and O–H groups in total. The number of nitrogens with one attached hydrogen (secondary N) is 2. The first-order valence-corrected chi connectivity index (χ1v) is 13.7. The van der Waals surface area contributed by atoms with Crippen LogP contribution < -0.4 is 15.5 Å². The molecule has 188 valence electrons. The Morgan fingerprint density at radius 2 is 1.78 bits per heavy atom. The summed E-state index contributed by atoms with van der Waals surface area (Å²) in [6.45, 7) is 4.71. The number of pyridine rings is 1. The van der Waals surface area contributed by atoms with Crippen molar-refractivity contribution in [3.63, 3.8) is 0 Å². The third-order valence-corrected chi connectivity index (χ3v) is 8.78. The van der Waals surface area contributed by atoms with E-state index < -0.39 is 0 Å². The summed E-state index contributed by atoms with van der Waals surface area (Å²) in [5.74, 6) is 0.429. The number of piperidine rings is 1. The van der Waals surface area contributed by atoms with E-state index in [9.17, 15) is 4.79 Å². The van der Waals surface area contributed by atoms with Gasteiger partial charge in [0.1, 0.15) is 17.4 Å². The molecule has 0 unspecified atom stereocenters. The van der Waals surface area contributed by atoms with Gasteiger partial charge in [-0.1, -0.05) is 12.1 Å². The number of anilines is 2. The summed E-state index contributed by atoms with van der Waals surface area (Å²) in [5, 5.41) is 8.71. The third kappa shape index (κ3) is 3.96. The first-order chi connectivity index (χ1) is 18.1. The lowest BCUT2D eigenvalue weighted by Gasteiger charge is -2.35. The van der Waals surface area contributed by atoms with Crippen molar-refractivity contribution < 1.29 is 14.3 Å². The molecule has 2 aromatic heterocycles. The van der Waals surface area contributed by atoms with Gasteiger partial charge in [0, 0.05) is 58.3 Å². The maximum Gasteiger partial charge on any atom is 0.263 e. The molecule has 3 aliphatic rings. The lowest BCUT2D eigenvalue weighted by molar-refractivity contribution is -0.0728. The molecule has 37 heavy (non-hydrogen) atoms. The molecule has 1 atom stereocenters. The van der Waals surface area contributed by atoms with Gasteiger partial charge in [-0.2, -0.15) is 0 Å². The molecule has 8 heteroatoms. The number of thiophene rings is 1. The lowest BCUT2D eigenvalue weighted by atomic mass is 9.95. The van der Waals surface area contributed by atoms with E-state index in [2.05, 4.69) is 64.1 Å². The van der Waals surface area contributed by atoms with Crippen LogP contribution in [0.1, 0.15) is 29.4 Å². The largest absolute Gasteiger partial charge is 0.459 e. The van der Waals surface area contributed by atoms with Crippen LogP contribution >= 0.6 is 11.3 Å². The SMILES string of the molecule is C[C@@H]1CNc2c(sc3ccc4nc(-c5ccc(N6CCC(C7OC=CO7)CC6)cc5)ccc4c23)C(=O)N1. The van der Waals surface area contributed by atoms with E-state index >= 15 is 0 Å². The van der Waals surface area contributed by atoms with Gasteiger partial charge in [-0.25, -0.2) is 4.98 Å². The predicted octanol–water partition coefficient (Wildman–Crippen LogP) is 5.72. The number of hydrogen-bond acceptors (Lipinski definition) is 7. The van der Waals surface area contributed by atoms with E-state index in [1.54, 1.807) is 12.5 Å². The van der Waals surface area contributed by atoms with Crippen LogP contribution in [0, 0.1) is 5.92 Å². The summed E-state index contributed by atoms with van der Waals surface area (Å²) < 4.78 is 12.2. The fourth-order valence-electron chi connectivity index (χ4n) is 5.63. The van der Waals surface area contributed by atoms with E-state index in [4.69, 9.17) is 14.5 Å². The summed E-state index contributed by atoms with van der Waals surface area (Å²) >= 11 is 1.54. The Labute approximate surface area is 219 Å². The molecule has 0 saturated carbocycles. The topological polar surface area (TPSA) is 75.7 Å². The highest BCUT2D eigenvalue weighted by molar-refractivity contribution is 7.21. The number of carbonyl (C=O) groups is 1. The van der Waals surface area contributed by atoms with Crippen molar-refractivity contribution in [1.29, 1.82) is 0 Å². The van der Waals surface area contributed by atoms with Gasteiger partial charge in [-0.05, 0) is 56.2 Å². The molecule has 2 aromatic carbocycles. The zero-order chi connectivity index (χ0) is 24.9. The van der Waals surface area contributed by atoms with E-state index in [1.807, 2.05) is 6.92 Å². The average Bonchev–Trinajstić information content (AvgIpc) is 3.58. The highest BCUT2D eigenvalue weighted by Gasteiger charge is 2.30. The summed E-state index contributed by atoms with van der Waals surface area (Å²) in [7, 11) is 0. The molecule has 1 fully saturated rings. The molecule has 3 aliphatic heterocycles. The highest BCUT2D eigenvalue weighted by Crippen LogP contribution is 2.41. The molecule has 1 saturated heterocycles. The van der Waals surface area contributed by atoms with Crippen molar-refractivity contribution >= 4 is 49.6 Å². The fraction of sp³-hybridized carbons (Fsp3) is 0.310. The Bertz CT molecular complexity index is 1510. The number of fused-ring (bicyclic) bond motifs is 5. The maximum atomic E-state index is 12.7. The molecule has 1 amide bonds. The third-order valence-electron chi connectivity index (χ3n) is 7.62. The van der Waals surface area contributed by atoms with Crippen LogP contribution in [-0.4, -0.2) is 42.9 Å². The minimum atomic E-state index is -0.120. The van der Waals surface area contributed by atoms with Crippen LogP contribution in [-0.2, 0) is 9.47 Å². The van der Waals surface area contributed by atoms with Gasteiger partial charge >= 0.3 is 0 Å². The minimum absolute atomic E-state index is 0.00652. The first-order valence-electron chi connectivity index (χ1n) is 12.9. The fourth-order valence-corrected chi connectivity index (χ4v) is 6.73. The van der Waals surface area contributed by atoms with Crippen LogP contribution in [0.3, 0.4) is 0 Å². The number of hydrogen-bond donors (Lipinski definition) is 2. The van der Waals surface area contributed by atoms with Crippen molar-refractivity contribution in [1.82, 2.24) is 10.3 Å². The van der Waals surface area contributed by atoms with Gasteiger partial charge in [-0.15, -0.1) is 11.3 Å². The molecule has 0 spiro atoms. The monoisotopic (exact) mass is 512 g/mol. The number of ether oxygens (including phenoxy) is 2. The molecule has 5 heterocycles. The molecule has 0 bridgehead atoms. The van der Waals surface area contributed by atoms with Gasteiger partial charge in [0.25, 0.3) is 5.91 Å². The van der Waals surface area contributed by atoms with Crippen LogP contribution in [0.5, 0.6) is 0 Å². The highest BCUT2D eigenvalue weighted by atomic mass is 32.1. The summed E-state index contributed by atoms with van der Waals surface area (Å²) in [6.07, 6.45) is 5.27. The molecule has 4 aromatic rings. The Balaban J connectivity index is 1.14. The smallest absolute Gasteiger partial charge is 0.263 e. The van der Waals surface area contributed by atoms with Crippen LogP contribution in [0.25, 0.3) is 32.2 Å². The van der Waals surface area contributed by atoms with Crippen LogP contribution in [0.2, 0.25) is 0 Å². The predicted molar refractivity (Wildman–Crippen MR) is 148 cm³/mol. The Morgan fingerprint density at radius 3 is 2.57 bits per heavy atom. The second kappa shape index (κ2) is 8.95. The van der Waals surface area contributed by atoms with Crippen molar-refractivity contribution in [2.45, 2.75) is 32.1 Å². The molecule has 0 radical (unpaired) electrons. The van der Waals surface area contributed by atoms with Crippen LogP contribution in [0.4, 0.5) is 11.4 Å². The van der Waals surface area contributed by atoms with E-state index in [0.717, 1.165) is 68.7 Å². The van der Waals surface area contributed by atoms with Gasteiger partial charge in [0.05, 0.1) is 16.9 Å². The van der Waals surface area contributed by atoms with Gasteiger partial charge in [-0.3, -0.25) is 4.79 Å². The Hall–Kier alpha value is -3.78. The zero-order valence-electron chi connectivity index (χ0n) is 20.6. The van der Waals surface area contributed by atoms with Gasteiger partial charge in [0.15, 0.2) is 0 Å². The molecule has 7 rings (SSSR count). The minimum Gasteiger partial charge on any atom is -0.459 e. The Kier molecular flexibility index (Phi) is 5.43.